The zero-order chi connectivity index (χ0) is 12.3. The number of ether oxygens (including phenoxy) is 1. The van der Waals surface area contributed by atoms with Crippen LogP contribution in [0.2, 0.25) is 0 Å². The van der Waals surface area contributed by atoms with Crippen molar-refractivity contribution in [2.75, 3.05) is 14.1 Å². The molecule has 0 atom stereocenters. The van der Waals surface area contributed by atoms with Gasteiger partial charge in [0.15, 0.2) is 0 Å². The fourth-order valence-electron chi connectivity index (χ4n) is 1.51. The first-order chi connectivity index (χ1) is 7.35. The van der Waals surface area contributed by atoms with E-state index in [0.717, 1.165) is 5.57 Å². The fraction of sp³-hybridized carbons (Fsp3) is 0.500. The predicted molar refractivity (Wildman–Crippen MR) is 60.3 cm³/mol. The molecule has 4 heteroatoms. The van der Waals surface area contributed by atoms with Crippen LogP contribution in [0.1, 0.15) is 20.3 Å². The van der Waals surface area contributed by atoms with E-state index in [0.29, 0.717) is 6.42 Å². The summed E-state index contributed by atoms with van der Waals surface area (Å²) in [7, 11) is 3.77. The zero-order valence-electron chi connectivity index (χ0n) is 10.1. The van der Waals surface area contributed by atoms with E-state index in [1.165, 1.54) is 0 Å². The van der Waals surface area contributed by atoms with Gasteiger partial charge in [-0.15, -0.1) is 0 Å². The Bertz CT molecular complexity index is 398. The van der Waals surface area contributed by atoms with Crippen molar-refractivity contribution in [1.82, 2.24) is 4.90 Å². The number of hydrogen-bond donors (Lipinski definition) is 0. The van der Waals surface area contributed by atoms with Gasteiger partial charge in [-0.25, -0.2) is 4.79 Å². The molecule has 1 rings (SSSR count). The van der Waals surface area contributed by atoms with Crippen molar-refractivity contribution in [1.29, 1.82) is 5.26 Å². The van der Waals surface area contributed by atoms with E-state index in [-0.39, 0.29) is 5.57 Å². The Kier molecular flexibility index (Phi) is 3.38. The van der Waals surface area contributed by atoms with E-state index >= 15 is 0 Å². The molecule has 86 valence electrons. The van der Waals surface area contributed by atoms with Gasteiger partial charge in [0, 0.05) is 20.5 Å². The van der Waals surface area contributed by atoms with Crippen molar-refractivity contribution in [3.05, 3.63) is 23.4 Å². The Hall–Kier alpha value is -1.76. The molecule has 0 saturated heterocycles. The molecular formula is C12H16N2O2. The number of esters is 1. The lowest BCUT2D eigenvalue weighted by molar-refractivity contribution is -0.152. The summed E-state index contributed by atoms with van der Waals surface area (Å²) in [4.78, 5) is 13.4. The highest BCUT2D eigenvalue weighted by atomic mass is 16.6. The average Bonchev–Trinajstić information content (AvgIpc) is 2.12. The summed E-state index contributed by atoms with van der Waals surface area (Å²) < 4.78 is 5.15. The Balaban J connectivity index is 3.09. The first-order valence-electron chi connectivity index (χ1n) is 5.07. The molecule has 0 radical (unpaired) electrons. The van der Waals surface area contributed by atoms with Crippen LogP contribution in [-0.2, 0) is 9.53 Å². The average molecular weight is 220 g/mol. The van der Waals surface area contributed by atoms with Crippen molar-refractivity contribution in [2.45, 2.75) is 25.9 Å². The predicted octanol–water partition coefficient (Wildman–Crippen LogP) is 1.61. The molecule has 0 aromatic heterocycles. The third-order valence-corrected chi connectivity index (χ3v) is 2.20. The minimum absolute atomic E-state index is 0.109. The van der Waals surface area contributed by atoms with E-state index in [9.17, 15) is 4.79 Å². The zero-order valence-corrected chi connectivity index (χ0v) is 10.1. The lowest BCUT2D eigenvalue weighted by Gasteiger charge is -2.30. The Labute approximate surface area is 95.8 Å². The molecule has 1 aliphatic heterocycles. The second-order valence-corrected chi connectivity index (χ2v) is 4.62. The monoisotopic (exact) mass is 220 g/mol. The topological polar surface area (TPSA) is 53.3 Å². The first kappa shape index (κ1) is 12.3. The highest BCUT2D eigenvalue weighted by Gasteiger charge is 2.33. The van der Waals surface area contributed by atoms with Crippen molar-refractivity contribution in [3.63, 3.8) is 0 Å². The molecule has 0 aromatic rings. The fourth-order valence-corrected chi connectivity index (χ4v) is 1.51. The molecule has 0 unspecified atom stereocenters. The van der Waals surface area contributed by atoms with Gasteiger partial charge in [-0.05, 0) is 31.7 Å². The number of carbonyl (C=O) groups excluding carboxylic acids is 1. The van der Waals surface area contributed by atoms with Gasteiger partial charge in [-0.3, -0.25) is 0 Å². The van der Waals surface area contributed by atoms with Crippen molar-refractivity contribution in [2.24, 2.45) is 0 Å². The van der Waals surface area contributed by atoms with Crippen LogP contribution in [0.3, 0.4) is 0 Å². The molecule has 4 nitrogen and oxygen atoms in total. The van der Waals surface area contributed by atoms with Gasteiger partial charge in [-0.2, -0.15) is 5.26 Å². The maximum Gasteiger partial charge on any atom is 0.349 e. The molecule has 0 fully saturated rings. The number of allylic oxidation sites excluding steroid dienone is 1. The van der Waals surface area contributed by atoms with Gasteiger partial charge >= 0.3 is 5.97 Å². The van der Waals surface area contributed by atoms with Crippen LogP contribution in [0.4, 0.5) is 0 Å². The number of hydrogen-bond acceptors (Lipinski definition) is 4. The summed E-state index contributed by atoms with van der Waals surface area (Å²) in [6, 6.07) is 1.90. The van der Waals surface area contributed by atoms with Crippen LogP contribution in [-0.4, -0.2) is 30.6 Å². The summed E-state index contributed by atoms with van der Waals surface area (Å²) in [6.07, 6.45) is 4.17. The molecule has 0 bridgehead atoms. The van der Waals surface area contributed by atoms with Crippen LogP contribution in [0.25, 0.3) is 0 Å². The standard InChI is InChI=1S/C12H16N2O2/c1-12(2)7-9(5-6-14(3)4)10(8-13)11(15)16-12/h5-6H,7H2,1-4H3/b6-5+. The van der Waals surface area contributed by atoms with Gasteiger partial charge in [-0.1, -0.05) is 0 Å². The van der Waals surface area contributed by atoms with Crippen LogP contribution in [0.15, 0.2) is 23.4 Å². The molecule has 0 aromatic carbocycles. The highest BCUT2D eigenvalue weighted by molar-refractivity contribution is 5.95. The van der Waals surface area contributed by atoms with E-state index in [1.807, 2.05) is 45.1 Å². The third kappa shape index (κ3) is 2.86. The second kappa shape index (κ2) is 4.40. The summed E-state index contributed by atoms with van der Waals surface area (Å²) >= 11 is 0. The largest absolute Gasteiger partial charge is 0.455 e. The Morgan fingerprint density at radius 1 is 1.50 bits per heavy atom. The van der Waals surface area contributed by atoms with Crippen LogP contribution in [0, 0.1) is 11.3 Å². The van der Waals surface area contributed by atoms with Gasteiger partial charge < -0.3 is 9.64 Å². The van der Waals surface area contributed by atoms with Crippen molar-refractivity contribution < 1.29 is 9.53 Å². The quantitative estimate of drug-likeness (QED) is 0.663. The van der Waals surface area contributed by atoms with E-state index < -0.39 is 11.6 Å². The normalized spacial score (nSPS) is 19.6. The maximum absolute atomic E-state index is 11.5. The van der Waals surface area contributed by atoms with Crippen LogP contribution in [0.5, 0.6) is 0 Å². The molecule has 0 saturated carbocycles. The molecular weight excluding hydrogens is 204 g/mol. The van der Waals surface area contributed by atoms with Gasteiger partial charge in [0.2, 0.25) is 0 Å². The van der Waals surface area contributed by atoms with Crippen molar-refractivity contribution >= 4 is 5.97 Å². The molecule has 0 amide bonds. The Morgan fingerprint density at radius 3 is 2.62 bits per heavy atom. The summed E-state index contributed by atoms with van der Waals surface area (Å²) in [5.74, 6) is -0.530. The number of nitriles is 1. The van der Waals surface area contributed by atoms with Crippen LogP contribution >= 0.6 is 0 Å². The maximum atomic E-state index is 11.5. The molecule has 1 aliphatic rings. The van der Waals surface area contributed by atoms with Gasteiger partial charge in [0.05, 0.1) is 0 Å². The smallest absolute Gasteiger partial charge is 0.349 e. The van der Waals surface area contributed by atoms with Gasteiger partial charge in [0.25, 0.3) is 0 Å². The Morgan fingerprint density at radius 2 is 2.12 bits per heavy atom. The number of nitrogens with zero attached hydrogens (tertiary/aromatic N) is 2. The summed E-state index contributed by atoms with van der Waals surface area (Å²) in [5, 5.41) is 8.91. The lowest BCUT2D eigenvalue weighted by Crippen LogP contribution is -2.33. The molecule has 0 aliphatic carbocycles. The third-order valence-electron chi connectivity index (χ3n) is 2.20. The minimum atomic E-state index is -0.538. The van der Waals surface area contributed by atoms with E-state index in [2.05, 4.69) is 0 Å². The summed E-state index contributed by atoms with van der Waals surface area (Å²) in [6.45, 7) is 3.67. The highest BCUT2D eigenvalue weighted by Crippen LogP contribution is 2.29. The van der Waals surface area contributed by atoms with E-state index in [4.69, 9.17) is 10.00 Å². The molecule has 0 N–H and O–H groups in total. The number of carbonyl (C=O) groups is 1. The van der Waals surface area contributed by atoms with Crippen molar-refractivity contribution in [3.8, 4) is 6.07 Å². The SMILES string of the molecule is CN(C)/C=C/C1=C(C#N)C(=O)OC(C)(C)C1. The van der Waals surface area contributed by atoms with E-state index in [1.54, 1.807) is 6.08 Å². The lowest BCUT2D eigenvalue weighted by atomic mass is 9.92. The molecule has 16 heavy (non-hydrogen) atoms. The molecule has 1 heterocycles. The minimum Gasteiger partial charge on any atom is -0.455 e. The van der Waals surface area contributed by atoms with Crippen LogP contribution < -0.4 is 0 Å². The number of cyclic esters (lactones) is 1. The first-order valence-corrected chi connectivity index (χ1v) is 5.07. The molecule has 0 spiro atoms. The second-order valence-electron chi connectivity index (χ2n) is 4.62. The number of rotatable bonds is 2. The van der Waals surface area contributed by atoms with Gasteiger partial charge in [0.1, 0.15) is 17.2 Å². The summed E-state index contributed by atoms with van der Waals surface area (Å²) in [5.41, 5.74) is 0.304.